The molecule has 0 rings (SSSR count). The van der Waals surface area contributed by atoms with E-state index in [0.29, 0.717) is 19.4 Å². The van der Waals surface area contributed by atoms with Gasteiger partial charge in [-0.15, -0.1) is 0 Å². The first kappa shape index (κ1) is 57.3. The van der Waals surface area contributed by atoms with E-state index >= 15 is 0 Å². The summed E-state index contributed by atoms with van der Waals surface area (Å²) in [7, 11) is 0. The molecule has 0 aliphatic heterocycles. The highest BCUT2D eigenvalue weighted by atomic mass is 16.5. The molecule has 3 N–H and O–H groups in total. The van der Waals surface area contributed by atoms with E-state index in [1.165, 1.54) is 199 Å². The van der Waals surface area contributed by atoms with Crippen LogP contribution in [0.3, 0.4) is 0 Å². The lowest BCUT2D eigenvalue weighted by molar-refractivity contribution is -0.143. The Hall–Kier alpha value is -1.66. The number of carbonyl (C=O) groups excluding carboxylic acids is 2. The topological polar surface area (TPSA) is 95.9 Å². The molecule has 0 radical (unpaired) electrons. The maximum Gasteiger partial charge on any atom is 0.305 e. The zero-order chi connectivity index (χ0) is 43.0. The predicted octanol–water partition coefficient (Wildman–Crippen LogP) is 15.5. The Kier molecular flexibility index (Phi) is 47.6. The van der Waals surface area contributed by atoms with Crippen LogP contribution in [0.15, 0.2) is 24.3 Å². The smallest absolute Gasteiger partial charge is 0.305 e. The first-order chi connectivity index (χ1) is 29.0. The van der Waals surface area contributed by atoms with E-state index < -0.39 is 12.1 Å². The molecule has 6 nitrogen and oxygen atoms in total. The van der Waals surface area contributed by atoms with Crippen LogP contribution in [0.25, 0.3) is 0 Å². The van der Waals surface area contributed by atoms with Crippen molar-refractivity contribution in [1.82, 2.24) is 5.32 Å². The maximum atomic E-state index is 12.4. The Morgan fingerprint density at radius 3 is 1.20 bits per heavy atom. The van der Waals surface area contributed by atoms with Crippen molar-refractivity contribution in [3.05, 3.63) is 24.3 Å². The summed E-state index contributed by atoms with van der Waals surface area (Å²) in [5.74, 6) is -0.0755. The Balaban J connectivity index is 3.44. The summed E-state index contributed by atoms with van der Waals surface area (Å²) in [5.41, 5.74) is 0. The van der Waals surface area contributed by atoms with Gasteiger partial charge in [-0.1, -0.05) is 231 Å². The molecule has 0 bridgehead atoms. The second-order valence-electron chi connectivity index (χ2n) is 17.9. The van der Waals surface area contributed by atoms with Gasteiger partial charge in [0.05, 0.1) is 25.4 Å². The van der Waals surface area contributed by atoms with E-state index in [2.05, 4.69) is 31.3 Å². The highest BCUT2D eigenvalue weighted by molar-refractivity contribution is 5.76. The van der Waals surface area contributed by atoms with Crippen molar-refractivity contribution >= 4 is 11.9 Å². The monoisotopic (exact) mass is 832 g/mol. The third-order valence-electron chi connectivity index (χ3n) is 12.0. The number of hydrogen-bond acceptors (Lipinski definition) is 5. The zero-order valence-electron chi connectivity index (χ0n) is 39.5. The van der Waals surface area contributed by atoms with Gasteiger partial charge in [0.15, 0.2) is 0 Å². The average molecular weight is 832 g/mol. The lowest BCUT2D eigenvalue weighted by Crippen LogP contribution is -2.45. The summed E-state index contributed by atoms with van der Waals surface area (Å²) in [4.78, 5) is 24.4. The summed E-state index contributed by atoms with van der Waals surface area (Å²) in [5, 5.41) is 22.9. The highest BCUT2D eigenvalue weighted by Crippen LogP contribution is 2.15. The summed E-state index contributed by atoms with van der Waals surface area (Å²) in [6, 6.07) is -0.632. The Morgan fingerprint density at radius 2 is 0.797 bits per heavy atom. The summed E-state index contributed by atoms with van der Waals surface area (Å²) in [6.07, 6.45) is 57.6. The number of esters is 1. The van der Waals surface area contributed by atoms with Crippen molar-refractivity contribution < 1.29 is 24.5 Å². The molecule has 348 valence electrons. The molecule has 0 fully saturated rings. The molecule has 0 aliphatic carbocycles. The molecule has 0 saturated carbocycles. The Bertz CT molecular complexity index is 920. The molecular weight excluding hydrogens is 731 g/mol. The number of hydrogen-bond donors (Lipinski definition) is 3. The Labute approximate surface area is 367 Å². The summed E-state index contributed by atoms with van der Waals surface area (Å²) in [6.45, 7) is 4.87. The van der Waals surface area contributed by atoms with Crippen molar-refractivity contribution in [1.29, 1.82) is 0 Å². The van der Waals surface area contributed by atoms with Gasteiger partial charge in [-0.2, -0.15) is 0 Å². The third-order valence-corrected chi connectivity index (χ3v) is 12.0. The molecule has 0 heterocycles. The van der Waals surface area contributed by atoms with Gasteiger partial charge in [0.25, 0.3) is 0 Å². The van der Waals surface area contributed by atoms with Crippen molar-refractivity contribution in [2.45, 2.75) is 289 Å². The van der Waals surface area contributed by atoms with Crippen LogP contribution in [0.2, 0.25) is 0 Å². The summed E-state index contributed by atoms with van der Waals surface area (Å²) >= 11 is 0. The second-order valence-corrected chi connectivity index (χ2v) is 17.9. The van der Waals surface area contributed by atoms with E-state index in [1.807, 2.05) is 6.08 Å². The number of carbonyl (C=O) groups is 2. The van der Waals surface area contributed by atoms with Crippen LogP contribution in [0.5, 0.6) is 0 Å². The van der Waals surface area contributed by atoms with E-state index in [1.54, 1.807) is 6.08 Å². The number of ether oxygens (including phenoxy) is 1. The molecule has 0 aromatic carbocycles. The lowest BCUT2D eigenvalue weighted by atomic mass is 10.0. The largest absolute Gasteiger partial charge is 0.466 e. The van der Waals surface area contributed by atoms with Crippen molar-refractivity contribution in [2.24, 2.45) is 0 Å². The van der Waals surface area contributed by atoms with Gasteiger partial charge in [0, 0.05) is 12.8 Å². The fourth-order valence-electron chi connectivity index (χ4n) is 7.92. The molecule has 6 heteroatoms. The van der Waals surface area contributed by atoms with Crippen LogP contribution in [-0.4, -0.2) is 47.4 Å². The molecular formula is C53H101NO5. The minimum Gasteiger partial charge on any atom is -0.466 e. The quantitative estimate of drug-likeness (QED) is 0.0322. The molecule has 2 atom stereocenters. The first-order valence-electron chi connectivity index (χ1n) is 26.1. The average Bonchev–Trinajstić information content (AvgIpc) is 3.24. The minimum atomic E-state index is -0.848. The molecule has 59 heavy (non-hydrogen) atoms. The van der Waals surface area contributed by atoms with E-state index in [0.717, 1.165) is 51.4 Å². The van der Waals surface area contributed by atoms with Crippen LogP contribution in [-0.2, 0) is 14.3 Å². The first-order valence-corrected chi connectivity index (χ1v) is 26.1. The predicted molar refractivity (Wildman–Crippen MR) is 255 cm³/mol. The maximum absolute atomic E-state index is 12.4. The minimum absolute atomic E-state index is 0.00420. The van der Waals surface area contributed by atoms with Gasteiger partial charge in [0.1, 0.15) is 0 Å². The molecule has 0 spiro atoms. The molecule has 0 aromatic heterocycles. The fourth-order valence-corrected chi connectivity index (χ4v) is 7.92. The number of unbranched alkanes of at least 4 members (excludes halogenated alkanes) is 35. The van der Waals surface area contributed by atoms with Crippen molar-refractivity contribution in [2.75, 3.05) is 13.2 Å². The number of aliphatic hydroxyl groups excluding tert-OH is 2. The summed E-state index contributed by atoms with van der Waals surface area (Å²) < 4.78 is 5.46. The molecule has 0 aliphatic rings. The SMILES string of the molecule is CCCCCCCCCC/C=C/C(O)C(CO)NC(=O)CCCCCCCCC/C=C\CCCCCCCCCCOC(=O)CCCCCCCCCCCCCCC. The zero-order valence-corrected chi connectivity index (χ0v) is 39.5. The van der Waals surface area contributed by atoms with Crippen LogP contribution < -0.4 is 5.32 Å². The van der Waals surface area contributed by atoms with Crippen LogP contribution in [0.1, 0.15) is 277 Å². The van der Waals surface area contributed by atoms with Crippen LogP contribution in [0.4, 0.5) is 0 Å². The van der Waals surface area contributed by atoms with Crippen molar-refractivity contribution in [3.8, 4) is 0 Å². The van der Waals surface area contributed by atoms with Crippen LogP contribution in [0, 0.1) is 0 Å². The van der Waals surface area contributed by atoms with Crippen LogP contribution >= 0.6 is 0 Å². The third kappa shape index (κ3) is 45.7. The number of nitrogens with one attached hydrogen (secondary N) is 1. The van der Waals surface area contributed by atoms with E-state index in [9.17, 15) is 19.8 Å². The van der Waals surface area contributed by atoms with Gasteiger partial charge in [-0.3, -0.25) is 9.59 Å². The number of allylic oxidation sites excluding steroid dienone is 3. The van der Waals surface area contributed by atoms with Crippen molar-refractivity contribution in [3.63, 3.8) is 0 Å². The number of amides is 1. The molecule has 0 saturated heterocycles. The van der Waals surface area contributed by atoms with Gasteiger partial charge in [-0.25, -0.2) is 0 Å². The number of aliphatic hydroxyl groups is 2. The second kappa shape index (κ2) is 49.0. The normalized spacial score (nSPS) is 12.8. The molecule has 2 unspecified atom stereocenters. The standard InChI is InChI=1S/C53H101NO5/c1-3-5-7-9-11-13-15-23-27-31-35-39-43-47-53(58)59-48-44-40-36-32-28-25-22-20-18-16-17-19-21-24-26-30-34-38-42-46-52(57)54-50(49-55)51(56)45-41-37-33-29-14-12-10-8-6-4-2/h16-17,41,45,50-51,55-56H,3-15,18-40,42-44,46-49H2,1-2H3,(H,54,57)/b17-16-,45-41+. The molecule has 0 aromatic rings. The van der Waals surface area contributed by atoms with E-state index in [4.69, 9.17) is 4.74 Å². The Morgan fingerprint density at radius 1 is 0.458 bits per heavy atom. The molecule has 1 amide bonds. The highest BCUT2D eigenvalue weighted by Gasteiger charge is 2.18. The van der Waals surface area contributed by atoms with Gasteiger partial charge in [-0.05, 0) is 57.8 Å². The lowest BCUT2D eigenvalue weighted by Gasteiger charge is -2.20. The van der Waals surface area contributed by atoms with Gasteiger partial charge < -0.3 is 20.3 Å². The van der Waals surface area contributed by atoms with Gasteiger partial charge in [0.2, 0.25) is 5.91 Å². The van der Waals surface area contributed by atoms with E-state index in [-0.39, 0.29) is 18.5 Å². The number of rotatable bonds is 48. The fraction of sp³-hybridized carbons (Fsp3) is 0.887. The van der Waals surface area contributed by atoms with Gasteiger partial charge >= 0.3 is 5.97 Å².